The molecule has 8 heteroatoms. The minimum absolute atomic E-state index is 0.311. The predicted octanol–water partition coefficient (Wildman–Crippen LogP) is 6.82. The number of fused-ring (bicyclic) bond motifs is 1. The third-order valence-electron chi connectivity index (χ3n) is 7.06. The molecule has 0 bridgehead atoms. The molecular formula is C33H30N2O5S. The molecule has 0 unspecified atom stereocenters. The number of hydrogen-bond acceptors (Lipinski definition) is 7. The van der Waals surface area contributed by atoms with Gasteiger partial charge in [0.2, 0.25) is 0 Å². The van der Waals surface area contributed by atoms with Crippen LogP contribution in [0.15, 0.2) is 84.9 Å². The van der Waals surface area contributed by atoms with Gasteiger partial charge in [0, 0.05) is 24.3 Å². The van der Waals surface area contributed by atoms with E-state index in [0.29, 0.717) is 18.1 Å². The number of aryl methyl sites for hydroxylation is 1. The van der Waals surface area contributed by atoms with Crippen molar-refractivity contribution < 1.29 is 24.1 Å². The molecule has 1 N–H and O–H groups in total. The van der Waals surface area contributed by atoms with Crippen molar-refractivity contribution in [1.82, 2.24) is 4.98 Å². The van der Waals surface area contributed by atoms with Crippen molar-refractivity contribution in [2.45, 2.75) is 13.5 Å². The minimum atomic E-state index is -1.01. The Morgan fingerprint density at radius 1 is 0.927 bits per heavy atom. The first kappa shape index (κ1) is 26.8. The van der Waals surface area contributed by atoms with E-state index < -0.39 is 5.97 Å². The fourth-order valence-corrected chi connectivity index (χ4v) is 5.95. The molecule has 41 heavy (non-hydrogen) atoms. The lowest BCUT2D eigenvalue weighted by atomic mass is 10.0. The Morgan fingerprint density at radius 2 is 1.68 bits per heavy atom. The number of benzene rings is 4. The maximum Gasteiger partial charge on any atom is 0.341 e. The first-order valence-corrected chi connectivity index (χ1v) is 14.4. The van der Waals surface area contributed by atoms with Gasteiger partial charge in [0.25, 0.3) is 0 Å². The number of aliphatic carboxylic acids is 1. The van der Waals surface area contributed by atoms with E-state index in [0.717, 1.165) is 58.6 Å². The molecule has 208 valence electrons. The van der Waals surface area contributed by atoms with E-state index in [1.54, 1.807) is 23.5 Å². The van der Waals surface area contributed by atoms with Crippen LogP contribution in [0.2, 0.25) is 0 Å². The normalized spacial score (nSPS) is 13.3. The highest BCUT2D eigenvalue weighted by Gasteiger charge is 2.18. The molecular weight excluding hydrogens is 536 g/mol. The monoisotopic (exact) mass is 566 g/mol. The predicted molar refractivity (Wildman–Crippen MR) is 162 cm³/mol. The number of carboxylic acid groups (broad SMARTS) is 1. The molecule has 1 aromatic heterocycles. The lowest BCUT2D eigenvalue weighted by Gasteiger charge is -2.28. The standard InChI is InChI=1S/C33H30N2O5S/c1-22-18-28(12-13-29(22)40-21-31(36)37)39-20-30-34-32(24-8-10-27(11-9-24)35-14-16-38-17-15-35)33(41-30)26-7-6-23-4-2-3-5-25(23)19-26/h2-13,18-19H,14-17,20-21H2,1H3,(H,36,37). The summed E-state index contributed by atoms with van der Waals surface area (Å²) in [6.45, 7) is 5.09. The lowest BCUT2D eigenvalue weighted by molar-refractivity contribution is -0.139. The maximum atomic E-state index is 10.8. The van der Waals surface area contributed by atoms with Crippen LogP contribution >= 0.6 is 11.3 Å². The third kappa shape index (κ3) is 6.19. The van der Waals surface area contributed by atoms with E-state index >= 15 is 0 Å². The van der Waals surface area contributed by atoms with Gasteiger partial charge in [-0.25, -0.2) is 9.78 Å². The Kier molecular flexibility index (Phi) is 7.84. The second kappa shape index (κ2) is 12.0. The molecule has 0 aliphatic carbocycles. The number of anilines is 1. The number of carbonyl (C=O) groups is 1. The average molecular weight is 567 g/mol. The summed E-state index contributed by atoms with van der Waals surface area (Å²) in [5, 5.41) is 12.1. The van der Waals surface area contributed by atoms with Gasteiger partial charge in [-0.05, 0) is 65.2 Å². The van der Waals surface area contributed by atoms with Crippen LogP contribution in [0.1, 0.15) is 10.6 Å². The zero-order valence-electron chi connectivity index (χ0n) is 22.7. The van der Waals surface area contributed by atoms with Crippen LogP contribution in [0.3, 0.4) is 0 Å². The van der Waals surface area contributed by atoms with Crippen LogP contribution in [0, 0.1) is 6.92 Å². The fourth-order valence-electron chi connectivity index (χ4n) is 4.96. The second-order valence-electron chi connectivity index (χ2n) is 9.89. The largest absolute Gasteiger partial charge is 0.486 e. The SMILES string of the molecule is Cc1cc(OCc2nc(-c3ccc(N4CCOCC4)cc3)c(-c3ccc4ccccc4c3)s2)ccc1OCC(=O)O. The van der Waals surface area contributed by atoms with Crippen molar-refractivity contribution in [2.75, 3.05) is 37.8 Å². The van der Waals surface area contributed by atoms with Gasteiger partial charge in [-0.15, -0.1) is 11.3 Å². The summed E-state index contributed by atoms with van der Waals surface area (Å²) in [4.78, 5) is 19.3. The van der Waals surface area contributed by atoms with Gasteiger partial charge < -0.3 is 24.2 Å². The molecule has 0 atom stereocenters. The van der Waals surface area contributed by atoms with Crippen molar-refractivity contribution >= 4 is 33.8 Å². The van der Waals surface area contributed by atoms with Crippen molar-refractivity contribution in [3.63, 3.8) is 0 Å². The molecule has 5 aromatic rings. The van der Waals surface area contributed by atoms with Gasteiger partial charge in [0.15, 0.2) is 6.61 Å². The number of aromatic nitrogens is 1. The van der Waals surface area contributed by atoms with E-state index in [4.69, 9.17) is 24.3 Å². The zero-order chi connectivity index (χ0) is 28.2. The molecule has 7 nitrogen and oxygen atoms in total. The highest BCUT2D eigenvalue weighted by molar-refractivity contribution is 7.15. The van der Waals surface area contributed by atoms with E-state index in [-0.39, 0.29) is 6.61 Å². The lowest BCUT2D eigenvalue weighted by Crippen LogP contribution is -2.36. The molecule has 0 amide bonds. The number of rotatable bonds is 9. The van der Waals surface area contributed by atoms with Gasteiger partial charge in [-0.3, -0.25) is 0 Å². The summed E-state index contributed by atoms with van der Waals surface area (Å²) in [6, 6.07) is 28.9. The molecule has 1 saturated heterocycles. The summed E-state index contributed by atoms with van der Waals surface area (Å²) in [5.74, 6) is 0.182. The van der Waals surface area contributed by atoms with Crippen LogP contribution in [0.4, 0.5) is 5.69 Å². The number of carboxylic acids is 1. The molecule has 0 radical (unpaired) electrons. The Balaban J connectivity index is 1.28. The van der Waals surface area contributed by atoms with Gasteiger partial charge in [0.05, 0.1) is 23.8 Å². The maximum absolute atomic E-state index is 10.8. The molecule has 1 aliphatic heterocycles. The number of thiazole rings is 1. The van der Waals surface area contributed by atoms with Gasteiger partial charge >= 0.3 is 5.97 Å². The van der Waals surface area contributed by atoms with Crippen LogP contribution < -0.4 is 14.4 Å². The molecule has 1 aliphatic rings. The molecule has 2 heterocycles. The molecule has 0 saturated carbocycles. The Morgan fingerprint density at radius 3 is 2.44 bits per heavy atom. The first-order chi connectivity index (χ1) is 20.0. The minimum Gasteiger partial charge on any atom is -0.486 e. The van der Waals surface area contributed by atoms with Crippen molar-refractivity contribution in [3.05, 3.63) is 95.5 Å². The van der Waals surface area contributed by atoms with E-state index in [9.17, 15) is 4.79 Å². The van der Waals surface area contributed by atoms with Crippen molar-refractivity contribution in [1.29, 1.82) is 0 Å². The number of ether oxygens (including phenoxy) is 3. The van der Waals surface area contributed by atoms with Crippen molar-refractivity contribution in [3.8, 4) is 33.2 Å². The Hall–Kier alpha value is -4.40. The quantitative estimate of drug-likeness (QED) is 0.210. The van der Waals surface area contributed by atoms with Crippen LogP contribution in [-0.4, -0.2) is 49.0 Å². The number of hydrogen-bond donors (Lipinski definition) is 1. The van der Waals surface area contributed by atoms with E-state index in [1.165, 1.54) is 16.5 Å². The summed E-state index contributed by atoms with van der Waals surface area (Å²) in [7, 11) is 0. The van der Waals surface area contributed by atoms with Crippen molar-refractivity contribution in [2.24, 2.45) is 0 Å². The highest BCUT2D eigenvalue weighted by Crippen LogP contribution is 2.39. The third-order valence-corrected chi connectivity index (χ3v) is 8.14. The topological polar surface area (TPSA) is 81.1 Å². The zero-order valence-corrected chi connectivity index (χ0v) is 23.5. The summed E-state index contributed by atoms with van der Waals surface area (Å²) >= 11 is 1.63. The fraction of sp³-hybridized carbons (Fsp3) is 0.212. The molecule has 1 fully saturated rings. The van der Waals surface area contributed by atoms with Gasteiger partial charge in [-0.1, -0.05) is 48.5 Å². The number of morpholine rings is 1. The van der Waals surface area contributed by atoms with Crippen LogP contribution in [0.5, 0.6) is 11.5 Å². The first-order valence-electron chi connectivity index (χ1n) is 13.5. The highest BCUT2D eigenvalue weighted by atomic mass is 32.1. The molecule has 4 aromatic carbocycles. The Bertz CT molecular complexity index is 1680. The number of nitrogens with zero attached hydrogens (tertiary/aromatic N) is 2. The smallest absolute Gasteiger partial charge is 0.341 e. The van der Waals surface area contributed by atoms with Crippen LogP contribution in [-0.2, 0) is 16.1 Å². The second-order valence-corrected chi connectivity index (χ2v) is 11.0. The molecule has 6 rings (SSSR count). The van der Waals surface area contributed by atoms with E-state index in [1.807, 2.05) is 13.0 Å². The van der Waals surface area contributed by atoms with Gasteiger partial charge in [0.1, 0.15) is 23.1 Å². The summed E-state index contributed by atoms with van der Waals surface area (Å²) < 4.78 is 17.0. The van der Waals surface area contributed by atoms with Crippen LogP contribution in [0.25, 0.3) is 32.5 Å². The Labute approximate surface area is 242 Å². The summed E-state index contributed by atoms with van der Waals surface area (Å²) in [5.41, 5.74) is 5.11. The average Bonchev–Trinajstić information content (AvgIpc) is 3.44. The van der Waals surface area contributed by atoms with Gasteiger partial charge in [-0.2, -0.15) is 0 Å². The van der Waals surface area contributed by atoms with E-state index in [2.05, 4.69) is 71.6 Å². The molecule has 0 spiro atoms. The summed E-state index contributed by atoms with van der Waals surface area (Å²) in [6.07, 6.45) is 0.